The van der Waals surface area contributed by atoms with Gasteiger partial charge in [-0.15, -0.1) is 0 Å². The molecule has 3 fully saturated rings. The predicted molar refractivity (Wildman–Crippen MR) is 230 cm³/mol. The van der Waals surface area contributed by atoms with E-state index in [0.29, 0.717) is 25.5 Å². The molecule has 2 amide bonds. The van der Waals surface area contributed by atoms with Gasteiger partial charge in [0.05, 0.1) is 66.5 Å². The van der Waals surface area contributed by atoms with Gasteiger partial charge in [0.1, 0.15) is 17.6 Å². The largest absolute Gasteiger partial charge is 0.494 e. The van der Waals surface area contributed by atoms with Crippen molar-refractivity contribution in [1.82, 2.24) is 30.0 Å². The van der Waals surface area contributed by atoms with Crippen molar-refractivity contribution >= 4 is 35.6 Å². The third-order valence-electron chi connectivity index (χ3n) is 13.0. The molecule has 1 spiro atoms. The van der Waals surface area contributed by atoms with E-state index in [9.17, 15) is 9.59 Å². The first-order valence-corrected chi connectivity index (χ1v) is 21.1. The number of carbonyl (C=O) groups excluding carboxylic acids is 2. The number of amides is 2. The fourth-order valence-electron chi connectivity index (χ4n) is 8.66. The number of rotatable bonds is 7. The number of hydrogen-bond donors (Lipinski definition) is 2. The molecule has 6 heterocycles. The Labute approximate surface area is 356 Å². The van der Waals surface area contributed by atoms with Crippen LogP contribution < -0.4 is 15.5 Å². The average Bonchev–Trinajstić information content (AvgIpc) is 4.06. The summed E-state index contributed by atoms with van der Waals surface area (Å²) in [7, 11) is 0.741. The lowest BCUT2D eigenvalue weighted by Crippen LogP contribution is -2.52. The zero-order valence-corrected chi connectivity index (χ0v) is 36.6. The van der Waals surface area contributed by atoms with Crippen molar-refractivity contribution < 1.29 is 37.8 Å². The fraction of sp³-hybridized carbons (Fsp3) is 0.478. The van der Waals surface area contributed by atoms with Gasteiger partial charge in [0.2, 0.25) is 12.1 Å². The molecule has 15 heteroatoms. The van der Waals surface area contributed by atoms with Gasteiger partial charge in [-0.25, -0.2) is 14.5 Å². The van der Waals surface area contributed by atoms with Crippen molar-refractivity contribution in [2.75, 3.05) is 26.9 Å². The number of imidazole rings is 1. The number of ether oxygens (including phenoxy) is 4. The van der Waals surface area contributed by atoms with Crippen molar-refractivity contribution in [3.8, 4) is 28.3 Å². The number of nitrogens with zero attached hydrogens (tertiary/aromatic N) is 4. The van der Waals surface area contributed by atoms with Gasteiger partial charge in [0.15, 0.2) is 5.79 Å². The van der Waals surface area contributed by atoms with E-state index in [2.05, 4.69) is 95.2 Å². The number of nitrogens with one attached hydrogen (secondary N) is 2. The van der Waals surface area contributed by atoms with Crippen LogP contribution in [0.1, 0.15) is 98.0 Å². The van der Waals surface area contributed by atoms with Crippen molar-refractivity contribution in [2.24, 2.45) is 5.92 Å². The normalized spacial score (nSPS) is 21.8. The van der Waals surface area contributed by atoms with Gasteiger partial charge in [-0.3, -0.25) is 4.79 Å². The molecule has 3 atom stereocenters. The van der Waals surface area contributed by atoms with Crippen LogP contribution in [0, 0.1) is 5.92 Å². The number of likely N-dealkylation sites (tertiary alicyclic amines) is 1. The molecule has 61 heavy (non-hydrogen) atoms. The molecular formula is C46H55BN6O8. The Kier molecular flexibility index (Phi) is 9.93. The first-order valence-electron chi connectivity index (χ1n) is 21.1. The molecule has 0 bridgehead atoms. The van der Waals surface area contributed by atoms with Crippen molar-refractivity contribution in [2.45, 2.75) is 109 Å². The van der Waals surface area contributed by atoms with Gasteiger partial charge in [-0.1, -0.05) is 71.0 Å². The number of hydrogen-bond acceptors (Lipinski definition) is 10. The predicted octanol–water partition coefficient (Wildman–Crippen LogP) is 7.03. The second-order valence-electron chi connectivity index (χ2n) is 19.1. The van der Waals surface area contributed by atoms with Crippen LogP contribution >= 0.6 is 0 Å². The highest BCUT2D eigenvalue weighted by Crippen LogP contribution is 2.45. The number of H-pyrrole nitrogens is 1. The molecule has 4 aliphatic heterocycles. The Balaban J connectivity index is 1.07. The summed E-state index contributed by atoms with van der Waals surface area (Å²) >= 11 is 0. The molecule has 3 saturated heterocycles. The zero-order chi connectivity index (χ0) is 43.2. The Hall–Kier alpha value is -5.22. The average molecular weight is 831 g/mol. The zero-order valence-electron chi connectivity index (χ0n) is 36.6. The smallest absolute Gasteiger partial charge is 0.464 e. The summed E-state index contributed by atoms with van der Waals surface area (Å²) < 4.78 is 38.7. The molecular weight excluding hydrogens is 775 g/mol. The van der Waals surface area contributed by atoms with Crippen LogP contribution in [0.3, 0.4) is 0 Å². The summed E-state index contributed by atoms with van der Waals surface area (Å²) in [6.45, 7) is 19.6. The maximum atomic E-state index is 14.2. The Morgan fingerprint density at radius 2 is 1.66 bits per heavy atom. The molecule has 2 N–H and O–H groups in total. The molecule has 3 aromatic carbocycles. The number of methoxy groups -OCH3 is 1. The molecule has 0 aliphatic carbocycles. The lowest BCUT2D eigenvalue weighted by atomic mass is 9.78. The molecule has 320 valence electrons. The van der Waals surface area contributed by atoms with Crippen molar-refractivity contribution in [3.05, 3.63) is 83.7 Å². The highest BCUT2D eigenvalue weighted by molar-refractivity contribution is 6.62. The van der Waals surface area contributed by atoms with Gasteiger partial charge in [-0.05, 0) is 80.4 Å². The monoisotopic (exact) mass is 830 g/mol. The lowest BCUT2D eigenvalue weighted by molar-refractivity contribution is -0.153. The molecule has 5 aromatic rings. The summed E-state index contributed by atoms with van der Waals surface area (Å²) in [6, 6.07) is 21.5. The highest BCUT2D eigenvalue weighted by atomic mass is 16.7. The Bertz CT molecular complexity index is 2480. The number of alkyl carbamates (subject to hydrolysis) is 1. The van der Waals surface area contributed by atoms with Gasteiger partial charge in [-0.2, -0.15) is 5.10 Å². The summed E-state index contributed by atoms with van der Waals surface area (Å²) in [6.07, 6.45) is -0.826. The summed E-state index contributed by atoms with van der Waals surface area (Å²) in [4.78, 5) is 36.7. The van der Waals surface area contributed by atoms with Gasteiger partial charge >= 0.3 is 13.2 Å². The van der Waals surface area contributed by atoms with E-state index in [4.69, 9.17) is 38.3 Å². The van der Waals surface area contributed by atoms with Crippen molar-refractivity contribution in [3.63, 3.8) is 0 Å². The highest BCUT2D eigenvalue weighted by Gasteiger charge is 2.54. The van der Waals surface area contributed by atoms with E-state index < -0.39 is 48.5 Å². The van der Waals surface area contributed by atoms with E-state index in [1.165, 1.54) is 12.7 Å². The van der Waals surface area contributed by atoms with Crippen LogP contribution in [0.25, 0.3) is 33.5 Å². The van der Waals surface area contributed by atoms with Crippen LogP contribution in [0.4, 0.5) is 4.79 Å². The third-order valence-corrected chi connectivity index (χ3v) is 13.0. The number of aromatic nitrogens is 4. The SMILES string of the molecule is COC(=O)N[C@H](C(=O)N1CC2(C[C@H]1c1nc3ccc(-c4cc5n(n4)C(c4ccc(C(C)(C)C)cc4)Oc4cc(B6OC(C)(C)C(C)(C)O6)ccc4-5)cc3[nH]1)OCCO2)C(C)C. The number of benzene rings is 3. The molecule has 9 rings (SSSR count). The minimum absolute atomic E-state index is 0.00519. The second kappa shape index (κ2) is 14.7. The van der Waals surface area contributed by atoms with Crippen LogP contribution in [0.5, 0.6) is 5.75 Å². The number of fused-ring (bicyclic) bond motifs is 4. The van der Waals surface area contributed by atoms with E-state index in [1.807, 2.05) is 48.9 Å². The summed E-state index contributed by atoms with van der Waals surface area (Å²) in [5.41, 5.74) is 7.08. The lowest BCUT2D eigenvalue weighted by Gasteiger charge is -2.32. The second-order valence-corrected chi connectivity index (χ2v) is 19.1. The number of carbonyl (C=O) groups is 2. The topological polar surface area (TPSA) is 151 Å². The minimum atomic E-state index is -0.959. The molecule has 4 aliphatic rings. The standard InChI is InChI=1S/C46H55BN6O8/c1-26(2)38(50-42(55)56-10)40(54)52-25-46(57-19-20-58-46)24-36(52)39-48-32-18-13-28(21-34(32)49-39)33-23-35-31-17-16-30(47-60-44(6,7)45(8,9)61-47)22-37(31)59-41(53(35)51-33)27-11-14-29(15-12-27)43(3,4)5/h11-18,21-23,26,36,38,41H,19-20,24-25H2,1-10H3,(H,48,49)(H,50,55)/t36-,38-,41?/m0/s1. The first-order chi connectivity index (χ1) is 28.8. The number of aromatic amines is 1. The van der Waals surface area contributed by atoms with E-state index in [1.54, 1.807) is 4.90 Å². The quantitative estimate of drug-likeness (QED) is 0.164. The molecule has 2 aromatic heterocycles. The third kappa shape index (κ3) is 7.28. The van der Waals surface area contributed by atoms with Gasteiger partial charge in [0, 0.05) is 23.1 Å². The Morgan fingerprint density at radius 3 is 2.31 bits per heavy atom. The van der Waals surface area contributed by atoms with E-state index in [-0.39, 0.29) is 23.8 Å². The summed E-state index contributed by atoms with van der Waals surface area (Å²) in [5, 5.41) is 7.93. The first kappa shape index (κ1) is 41.2. The Morgan fingerprint density at radius 1 is 0.951 bits per heavy atom. The van der Waals surface area contributed by atoms with Gasteiger partial charge in [0.25, 0.3) is 0 Å². The van der Waals surface area contributed by atoms with E-state index >= 15 is 0 Å². The van der Waals surface area contributed by atoms with Crippen LogP contribution in [0.2, 0.25) is 0 Å². The minimum Gasteiger partial charge on any atom is -0.464 e. The van der Waals surface area contributed by atoms with Crippen LogP contribution in [-0.4, -0.2) is 93.7 Å². The molecule has 1 unspecified atom stereocenters. The van der Waals surface area contributed by atoms with Crippen LogP contribution in [0.15, 0.2) is 66.7 Å². The molecule has 0 saturated carbocycles. The maximum Gasteiger partial charge on any atom is 0.494 e. The van der Waals surface area contributed by atoms with Crippen LogP contribution in [-0.2, 0) is 33.7 Å². The molecule has 14 nitrogen and oxygen atoms in total. The molecule has 0 radical (unpaired) electrons. The van der Waals surface area contributed by atoms with Crippen molar-refractivity contribution in [1.29, 1.82) is 0 Å². The maximum absolute atomic E-state index is 14.2. The summed E-state index contributed by atoms with van der Waals surface area (Å²) in [5.74, 6) is -0.112. The van der Waals surface area contributed by atoms with E-state index in [0.717, 1.165) is 50.3 Å². The van der Waals surface area contributed by atoms with Gasteiger partial charge < -0.3 is 43.5 Å². The fourth-order valence-corrected chi connectivity index (χ4v) is 8.66.